The van der Waals surface area contributed by atoms with E-state index in [9.17, 15) is 9.59 Å². The van der Waals surface area contributed by atoms with E-state index in [0.29, 0.717) is 12.1 Å². The highest BCUT2D eigenvalue weighted by Crippen LogP contribution is 2.24. The Morgan fingerprint density at radius 3 is 2.47 bits per heavy atom. The van der Waals surface area contributed by atoms with Crippen molar-refractivity contribution in [2.75, 3.05) is 6.54 Å². The number of thiophene rings is 1. The Balaban J connectivity index is 3.04. The molecular weight excluding hydrogens is 306 g/mol. The second kappa shape index (κ2) is 5.18. The number of nitrogens with zero attached hydrogens (tertiary/aromatic N) is 1. The normalized spacial score (nSPS) is 11.3. The van der Waals surface area contributed by atoms with Crippen molar-refractivity contribution in [3.05, 3.63) is 20.8 Å². The van der Waals surface area contributed by atoms with Crippen LogP contribution in [0, 0.1) is 0 Å². The van der Waals surface area contributed by atoms with Gasteiger partial charge in [-0.15, -0.1) is 11.3 Å². The lowest BCUT2D eigenvalue weighted by Gasteiger charge is -2.34. The van der Waals surface area contributed by atoms with E-state index >= 15 is 0 Å². The minimum atomic E-state index is -1.21. The zero-order valence-electron chi connectivity index (χ0n) is 9.86. The van der Waals surface area contributed by atoms with E-state index in [1.54, 1.807) is 18.4 Å². The van der Waals surface area contributed by atoms with Crippen molar-refractivity contribution in [3.8, 4) is 0 Å². The van der Waals surface area contributed by atoms with Gasteiger partial charge in [-0.05, 0) is 42.8 Å². The highest BCUT2D eigenvalue weighted by atomic mass is 79.9. The van der Waals surface area contributed by atoms with Gasteiger partial charge in [0.2, 0.25) is 0 Å². The molecule has 0 spiro atoms. The molecule has 1 aromatic rings. The Kier molecular flexibility index (Phi) is 4.32. The fraction of sp³-hybridized carbons (Fsp3) is 0.455. The lowest BCUT2D eigenvalue weighted by molar-refractivity contribution is -0.147. The van der Waals surface area contributed by atoms with E-state index in [0.717, 1.165) is 3.79 Å². The van der Waals surface area contributed by atoms with Gasteiger partial charge in [0.05, 0.1) is 9.35 Å². The van der Waals surface area contributed by atoms with Gasteiger partial charge in [0.25, 0.3) is 5.91 Å². The first-order valence-electron chi connectivity index (χ1n) is 5.10. The van der Waals surface area contributed by atoms with Gasteiger partial charge >= 0.3 is 5.97 Å². The maximum absolute atomic E-state index is 12.2. The maximum atomic E-state index is 12.2. The van der Waals surface area contributed by atoms with Gasteiger partial charge < -0.3 is 10.0 Å². The molecule has 0 radical (unpaired) electrons. The van der Waals surface area contributed by atoms with Crippen LogP contribution in [0.15, 0.2) is 15.2 Å². The Labute approximate surface area is 112 Å². The minimum Gasteiger partial charge on any atom is -0.480 e. The Hall–Kier alpha value is -0.880. The van der Waals surface area contributed by atoms with Crippen molar-refractivity contribution < 1.29 is 14.7 Å². The number of carboxylic acid groups (broad SMARTS) is 1. The lowest BCUT2D eigenvalue weighted by atomic mass is 10.0. The first-order chi connectivity index (χ1) is 7.80. The molecule has 0 aliphatic rings. The van der Waals surface area contributed by atoms with Crippen LogP contribution < -0.4 is 0 Å². The summed E-state index contributed by atoms with van der Waals surface area (Å²) in [5.74, 6) is -1.27. The Bertz CT molecular complexity index is 442. The molecule has 4 nitrogen and oxygen atoms in total. The number of carbonyl (C=O) groups excluding carboxylic acids is 1. The largest absolute Gasteiger partial charge is 0.480 e. The van der Waals surface area contributed by atoms with E-state index in [4.69, 9.17) is 5.11 Å². The molecule has 0 aromatic carbocycles. The van der Waals surface area contributed by atoms with Gasteiger partial charge in [-0.3, -0.25) is 4.79 Å². The van der Waals surface area contributed by atoms with Gasteiger partial charge in [0.1, 0.15) is 5.54 Å². The topological polar surface area (TPSA) is 57.6 Å². The van der Waals surface area contributed by atoms with Crippen molar-refractivity contribution in [2.45, 2.75) is 26.3 Å². The number of hydrogen-bond acceptors (Lipinski definition) is 3. The molecule has 17 heavy (non-hydrogen) atoms. The Morgan fingerprint density at radius 1 is 1.53 bits per heavy atom. The molecule has 0 unspecified atom stereocenters. The van der Waals surface area contributed by atoms with Crippen LogP contribution in [-0.2, 0) is 4.79 Å². The first kappa shape index (κ1) is 14.2. The molecule has 1 amide bonds. The van der Waals surface area contributed by atoms with E-state index in [-0.39, 0.29) is 5.91 Å². The summed E-state index contributed by atoms with van der Waals surface area (Å²) in [5, 5.41) is 10.9. The van der Waals surface area contributed by atoms with E-state index in [2.05, 4.69) is 15.9 Å². The van der Waals surface area contributed by atoms with Crippen molar-refractivity contribution in [3.63, 3.8) is 0 Å². The van der Waals surface area contributed by atoms with Gasteiger partial charge in [0, 0.05) is 11.9 Å². The van der Waals surface area contributed by atoms with Gasteiger partial charge in [-0.2, -0.15) is 0 Å². The quantitative estimate of drug-likeness (QED) is 0.928. The molecule has 1 N–H and O–H groups in total. The van der Waals surface area contributed by atoms with Crippen molar-refractivity contribution in [2.24, 2.45) is 0 Å². The second-order valence-corrected chi connectivity index (χ2v) is 6.34. The van der Waals surface area contributed by atoms with Crippen LogP contribution in [-0.4, -0.2) is 34.0 Å². The second-order valence-electron chi connectivity index (χ2n) is 4.05. The molecule has 1 heterocycles. The van der Waals surface area contributed by atoms with Gasteiger partial charge in [-0.25, -0.2) is 4.79 Å². The third-order valence-corrected chi connectivity index (χ3v) is 4.08. The summed E-state index contributed by atoms with van der Waals surface area (Å²) in [4.78, 5) is 24.7. The molecule has 1 rings (SSSR count). The van der Waals surface area contributed by atoms with Gasteiger partial charge in [0.15, 0.2) is 0 Å². The molecule has 0 aliphatic carbocycles. The number of rotatable bonds is 4. The minimum absolute atomic E-state index is 0.262. The first-order valence-corrected chi connectivity index (χ1v) is 6.77. The predicted molar refractivity (Wildman–Crippen MR) is 70.4 cm³/mol. The molecule has 94 valence electrons. The average Bonchev–Trinajstić information content (AvgIpc) is 2.65. The van der Waals surface area contributed by atoms with Crippen LogP contribution in [0.1, 0.15) is 31.1 Å². The number of carbonyl (C=O) groups is 2. The fourth-order valence-corrected chi connectivity index (χ4v) is 2.62. The molecule has 1 aromatic heterocycles. The summed E-state index contributed by atoms with van der Waals surface area (Å²) in [5.41, 5.74) is -0.696. The molecule has 6 heteroatoms. The Morgan fingerprint density at radius 2 is 2.12 bits per heavy atom. The van der Waals surface area contributed by atoms with Crippen LogP contribution in [0.4, 0.5) is 0 Å². The van der Waals surface area contributed by atoms with Crippen LogP contribution in [0.2, 0.25) is 0 Å². The summed E-state index contributed by atoms with van der Waals surface area (Å²) in [7, 11) is 0. The smallest absolute Gasteiger partial charge is 0.329 e. The number of hydrogen-bond donors (Lipinski definition) is 1. The van der Waals surface area contributed by atoms with Gasteiger partial charge in [-0.1, -0.05) is 0 Å². The number of halogens is 1. The molecule has 0 saturated heterocycles. The van der Waals surface area contributed by atoms with Crippen LogP contribution in [0.5, 0.6) is 0 Å². The zero-order chi connectivity index (χ0) is 13.2. The predicted octanol–water partition coefficient (Wildman–Crippen LogP) is 2.84. The molecule has 0 atom stereocenters. The molecule has 0 aliphatic heterocycles. The van der Waals surface area contributed by atoms with E-state index in [1.165, 1.54) is 30.1 Å². The van der Waals surface area contributed by atoms with Crippen molar-refractivity contribution in [1.29, 1.82) is 0 Å². The highest BCUT2D eigenvalue weighted by molar-refractivity contribution is 9.11. The van der Waals surface area contributed by atoms with Crippen molar-refractivity contribution >= 4 is 39.1 Å². The number of aliphatic carboxylic acids is 1. The van der Waals surface area contributed by atoms with Crippen molar-refractivity contribution in [1.82, 2.24) is 4.90 Å². The highest BCUT2D eigenvalue weighted by Gasteiger charge is 2.37. The van der Waals surface area contributed by atoms with Crippen LogP contribution >= 0.6 is 27.3 Å². The maximum Gasteiger partial charge on any atom is 0.329 e. The summed E-state index contributed by atoms with van der Waals surface area (Å²) < 4.78 is 0.852. The summed E-state index contributed by atoms with van der Waals surface area (Å²) >= 11 is 4.68. The van der Waals surface area contributed by atoms with E-state index < -0.39 is 11.5 Å². The molecule has 0 bridgehead atoms. The van der Waals surface area contributed by atoms with Crippen LogP contribution in [0.25, 0.3) is 0 Å². The summed E-state index contributed by atoms with van der Waals surface area (Å²) in [6, 6.07) is 1.70. The lowest BCUT2D eigenvalue weighted by Crippen LogP contribution is -2.52. The van der Waals surface area contributed by atoms with E-state index in [1.807, 2.05) is 0 Å². The standard InChI is InChI=1S/C11H14BrNO3S/c1-4-13(11(2,3)10(15)16)9(14)7-5-8(12)17-6-7/h5-6H,4H2,1-3H3,(H,15,16). The number of likely N-dealkylation sites (N-methyl/N-ethyl adjacent to an activating group) is 1. The average molecular weight is 320 g/mol. The third kappa shape index (κ3) is 2.87. The molecular formula is C11H14BrNO3S. The monoisotopic (exact) mass is 319 g/mol. The summed E-state index contributed by atoms with van der Waals surface area (Å²) in [6.07, 6.45) is 0. The fourth-order valence-electron chi connectivity index (χ4n) is 1.49. The molecule has 0 fully saturated rings. The summed E-state index contributed by atoms with van der Waals surface area (Å²) in [6.45, 7) is 5.17. The molecule has 0 saturated carbocycles. The number of carboxylic acids is 1. The number of amides is 1. The SMILES string of the molecule is CCN(C(=O)c1csc(Br)c1)C(C)(C)C(=O)O. The third-order valence-electron chi connectivity index (χ3n) is 2.57. The van der Waals surface area contributed by atoms with Crippen LogP contribution in [0.3, 0.4) is 0 Å². The zero-order valence-corrected chi connectivity index (χ0v) is 12.3.